The average molecular weight is 214 g/mol. The maximum atomic E-state index is 9.87. The number of ether oxygens (including phenoxy) is 1. The molecule has 14 heavy (non-hydrogen) atoms. The van der Waals surface area contributed by atoms with Crippen LogP contribution in [0.5, 0.6) is 0 Å². The van der Waals surface area contributed by atoms with E-state index >= 15 is 0 Å². The third-order valence-electron chi connectivity index (χ3n) is 3.95. The van der Waals surface area contributed by atoms with Gasteiger partial charge >= 0.3 is 0 Å². The molecular formula is C11H18O2S. The second-order valence-corrected chi connectivity index (χ2v) is 4.92. The van der Waals surface area contributed by atoms with Gasteiger partial charge in [0.2, 0.25) is 0 Å². The predicted molar refractivity (Wildman–Crippen MR) is 59.4 cm³/mol. The lowest BCUT2D eigenvalue weighted by Crippen LogP contribution is -2.38. The Bertz CT molecular complexity index is 219. The van der Waals surface area contributed by atoms with Gasteiger partial charge in [0, 0.05) is 7.11 Å². The maximum Gasteiger partial charge on any atom is 0.0863 e. The SMILES string of the molecule is COC1C(O)C2CC(CCC=S)C1C2. The lowest BCUT2D eigenvalue weighted by atomic mass is 9.82. The van der Waals surface area contributed by atoms with Crippen LogP contribution in [0, 0.1) is 17.8 Å². The Kier molecular flexibility index (Phi) is 3.20. The van der Waals surface area contributed by atoms with Gasteiger partial charge in [0.15, 0.2) is 0 Å². The van der Waals surface area contributed by atoms with Gasteiger partial charge in [-0.1, -0.05) is 12.2 Å². The summed E-state index contributed by atoms with van der Waals surface area (Å²) < 4.78 is 5.38. The van der Waals surface area contributed by atoms with Gasteiger partial charge in [-0.2, -0.15) is 0 Å². The van der Waals surface area contributed by atoms with Crippen LogP contribution in [-0.2, 0) is 4.74 Å². The molecule has 0 spiro atoms. The minimum atomic E-state index is -0.214. The van der Waals surface area contributed by atoms with Gasteiger partial charge in [-0.3, -0.25) is 0 Å². The molecule has 2 aliphatic carbocycles. The topological polar surface area (TPSA) is 29.5 Å². The fourth-order valence-electron chi connectivity index (χ4n) is 3.33. The fraction of sp³-hybridized carbons (Fsp3) is 0.909. The number of aliphatic hydroxyl groups excluding tert-OH is 1. The van der Waals surface area contributed by atoms with Crippen LogP contribution in [0.15, 0.2) is 0 Å². The van der Waals surface area contributed by atoms with E-state index in [1.54, 1.807) is 7.11 Å². The van der Waals surface area contributed by atoms with E-state index in [9.17, 15) is 5.11 Å². The summed E-state index contributed by atoms with van der Waals surface area (Å²) in [4.78, 5) is 0. The lowest BCUT2D eigenvalue weighted by Gasteiger charge is -2.31. The maximum absolute atomic E-state index is 9.87. The summed E-state index contributed by atoms with van der Waals surface area (Å²) in [6.45, 7) is 0. The first-order valence-electron chi connectivity index (χ1n) is 5.42. The van der Waals surface area contributed by atoms with Gasteiger partial charge in [0.05, 0.1) is 12.2 Å². The molecule has 3 heteroatoms. The van der Waals surface area contributed by atoms with Gasteiger partial charge < -0.3 is 9.84 Å². The highest BCUT2D eigenvalue weighted by Crippen LogP contribution is 2.51. The quantitative estimate of drug-likeness (QED) is 0.724. The highest BCUT2D eigenvalue weighted by Gasteiger charge is 2.51. The lowest BCUT2D eigenvalue weighted by molar-refractivity contribution is -0.0589. The van der Waals surface area contributed by atoms with Crippen LogP contribution in [0.3, 0.4) is 0 Å². The molecule has 0 amide bonds. The molecule has 0 saturated heterocycles. The molecule has 0 heterocycles. The number of methoxy groups -OCH3 is 1. The van der Waals surface area contributed by atoms with Gasteiger partial charge in [-0.15, -0.1) is 0 Å². The zero-order valence-electron chi connectivity index (χ0n) is 8.56. The molecular weight excluding hydrogens is 196 g/mol. The van der Waals surface area contributed by atoms with Gasteiger partial charge in [-0.05, 0) is 48.8 Å². The first-order chi connectivity index (χ1) is 6.77. The van der Waals surface area contributed by atoms with Crippen LogP contribution < -0.4 is 0 Å². The molecule has 1 N–H and O–H groups in total. The second-order valence-electron chi connectivity index (χ2n) is 4.59. The van der Waals surface area contributed by atoms with Crippen molar-refractivity contribution in [1.82, 2.24) is 0 Å². The summed E-state index contributed by atoms with van der Waals surface area (Å²) in [6, 6.07) is 0. The molecule has 80 valence electrons. The Morgan fingerprint density at radius 2 is 2.29 bits per heavy atom. The van der Waals surface area contributed by atoms with Gasteiger partial charge in [0.1, 0.15) is 0 Å². The van der Waals surface area contributed by atoms with Crippen LogP contribution >= 0.6 is 12.2 Å². The second kappa shape index (κ2) is 4.25. The molecule has 0 aliphatic heterocycles. The van der Waals surface area contributed by atoms with Gasteiger partial charge in [0.25, 0.3) is 0 Å². The van der Waals surface area contributed by atoms with Crippen LogP contribution in [0.1, 0.15) is 25.7 Å². The van der Waals surface area contributed by atoms with E-state index in [0.29, 0.717) is 11.8 Å². The molecule has 2 rings (SSSR count). The van der Waals surface area contributed by atoms with Crippen molar-refractivity contribution < 1.29 is 9.84 Å². The van der Waals surface area contributed by atoms with Crippen molar-refractivity contribution in [2.75, 3.05) is 7.11 Å². The Morgan fingerprint density at radius 1 is 1.50 bits per heavy atom. The number of fused-ring (bicyclic) bond motifs is 2. The Labute approximate surface area is 90.6 Å². The summed E-state index contributed by atoms with van der Waals surface area (Å²) >= 11 is 4.85. The number of hydrogen-bond acceptors (Lipinski definition) is 3. The highest BCUT2D eigenvalue weighted by molar-refractivity contribution is 7.78. The molecule has 0 aromatic carbocycles. The summed E-state index contributed by atoms with van der Waals surface area (Å²) in [5.41, 5.74) is 0. The van der Waals surface area contributed by atoms with Crippen molar-refractivity contribution in [3.63, 3.8) is 0 Å². The van der Waals surface area contributed by atoms with Crippen molar-refractivity contribution in [1.29, 1.82) is 0 Å². The summed E-state index contributed by atoms with van der Waals surface area (Å²) in [6.07, 6.45) is 4.40. The van der Waals surface area contributed by atoms with Crippen molar-refractivity contribution in [2.45, 2.75) is 37.9 Å². The number of thiocarbonyl (C=S) groups is 1. The molecule has 0 aromatic heterocycles. The number of aliphatic hydroxyl groups is 1. The molecule has 2 saturated carbocycles. The minimum Gasteiger partial charge on any atom is -0.390 e. The van der Waals surface area contributed by atoms with E-state index in [-0.39, 0.29) is 12.2 Å². The summed E-state index contributed by atoms with van der Waals surface area (Å²) in [7, 11) is 1.71. The fourth-order valence-corrected chi connectivity index (χ4v) is 3.47. The Morgan fingerprint density at radius 3 is 2.86 bits per heavy atom. The first-order valence-corrected chi connectivity index (χ1v) is 5.89. The Hall–Kier alpha value is 0.01000. The molecule has 2 bridgehead atoms. The van der Waals surface area contributed by atoms with E-state index in [4.69, 9.17) is 17.0 Å². The molecule has 0 aromatic rings. The van der Waals surface area contributed by atoms with E-state index < -0.39 is 0 Å². The minimum absolute atomic E-state index is 0.0869. The van der Waals surface area contributed by atoms with Gasteiger partial charge in [-0.25, -0.2) is 0 Å². The van der Waals surface area contributed by atoms with Crippen molar-refractivity contribution in [2.24, 2.45) is 17.8 Å². The molecule has 2 nitrogen and oxygen atoms in total. The number of rotatable bonds is 4. The summed E-state index contributed by atoms with van der Waals surface area (Å²) in [5.74, 6) is 1.79. The van der Waals surface area contributed by atoms with Crippen molar-refractivity contribution in [3.05, 3.63) is 0 Å². The van der Waals surface area contributed by atoms with E-state index in [2.05, 4.69) is 0 Å². The number of hydrogen-bond donors (Lipinski definition) is 1. The molecule has 2 fully saturated rings. The third kappa shape index (κ3) is 1.62. The Balaban J connectivity index is 1.96. The third-order valence-corrected chi connectivity index (χ3v) is 4.19. The van der Waals surface area contributed by atoms with E-state index in [0.717, 1.165) is 18.8 Å². The molecule has 5 atom stereocenters. The smallest absolute Gasteiger partial charge is 0.0863 e. The largest absolute Gasteiger partial charge is 0.390 e. The predicted octanol–water partition coefficient (Wildman–Crippen LogP) is 1.80. The van der Waals surface area contributed by atoms with Crippen molar-refractivity contribution in [3.8, 4) is 0 Å². The molecule has 2 aliphatic rings. The van der Waals surface area contributed by atoms with Crippen LogP contribution in [0.4, 0.5) is 0 Å². The standard InChI is InChI=1S/C11H18O2S/c1-13-11-9-6-8(10(11)12)5-7(9)3-2-4-14/h4,7-12H,2-3,5-6H2,1H3. The van der Waals surface area contributed by atoms with E-state index in [1.807, 2.05) is 5.37 Å². The average Bonchev–Trinajstić information content (AvgIpc) is 2.72. The monoisotopic (exact) mass is 214 g/mol. The normalized spacial score (nSPS) is 45.7. The molecule has 5 unspecified atom stereocenters. The van der Waals surface area contributed by atoms with Crippen LogP contribution in [0.25, 0.3) is 0 Å². The first kappa shape index (κ1) is 10.5. The highest BCUT2D eigenvalue weighted by atomic mass is 32.1. The van der Waals surface area contributed by atoms with Crippen LogP contribution in [0.2, 0.25) is 0 Å². The van der Waals surface area contributed by atoms with E-state index in [1.165, 1.54) is 12.8 Å². The van der Waals surface area contributed by atoms with Crippen LogP contribution in [-0.4, -0.2) is 29.8 Å². The summed E-state index contributed by atoms with van der Waals surface area (Å²) in [5, 5.41) is 11.7. The van der Waals surface area contributed by atoms with Crippen molar-refractivity contribution >= 4 is 17.6 Å². The molecule has 0 radical (unpaired) electrons. The zero-order chi connectivity index (χ0) is 10.1. The zero-order valence-corrected chi connectivity index (χ0v) is 9.37.